The number of rotatable bonds is 3. The van der Waals surface area contributed by atoms with Gasteiger partial charge < -0.3 is 10.6 Å². The maximum atomic E-state index is 11.8. The van der Waals surface area contributed by atoms with Gasteiger partial charge in [-0.3, -0.25) is 15.0 Å². The summed E-state index contributed by atoms with van der Waals surface area (Å²) in [5.74, 6) is 0.283. The number of nitrogens with one attached hydrogen (secondary N) is 3. The summed E-state index contributed by atoms with van der Waals surface area (Å²) in [4.78, 5) is 25.7. The van der Waals surface area contributed by atoms with E-state index in [1.807, 2.05) is 0 Å². The van der Waals surface area contributed by atoms with Crippen LogP contribution in [-0.2, 0) is 4.79 Å². The van der Waals surface area contributed by atoms with Crippen LogP contribution in [0.15, 0.2) is 0 Å². The van der Waals surface area contributed by atoms with Gasteiger partial charge in [0.15, 0.2) is 0 Å². The molecule has 20 heavy (non-hydrogen) atoms. The highest BCUT2D eigenvalue weighted by molar-refractivity contribution is 5.95. The molecule has 6 nitrogen and oxygen atoms in total. The van der Waals surface area contributed by atoms with Gasteiger partial charge in [0, 0.05) is 32.2 Å². The molecule has 1 heterocycles. The number of hydrogen-bond donors (Lipinski definition) is 3. The van der Waals surface area contributed by atoms with E-state index in [-0.39, 0.29) is 18.0 Å². The molecule has 0 radical (unpaired) electrons. The summed E-state index contributed by atoms with van der Waals surface area (Å²) >= 11 is 0. The lowest BCUT2D eigenvalue weighted by Gasteiger charge is -2.29. The number of urea groups is 1. The van der Waals surface area contributed by atoms with Gasteiger partial charge in [0.1, 0.15) is 0 Å². The van der Waals surface area contributed by atoms with Crippen LogP contribution < -0.4 is 16.0 Å². The summed E-state index contributed by atoms with van der Waals surface area (Å²) in [6.07, 6.45) is 4.56. The van der Waals surface area contributed by atoms with E-state index in [9.17, 15) is 9.59 Å². The van der Waals surface area contributed by atoms with Crippen LogP contribution in [0.25, 0.3) is 0 Å². The molecule has 3 N–H and O–H groups in total. The summed E-state index contributed by atoms with van der Waals surface area (Å²) < 4.78 is 0. The van der Waals surface area contributed by atoms with Gasteiger partial charge in [0.25, 0.3) is 0 Å². The molecule has 1 saturated heterocycles. The van der Waals surface area contributed by atoms with Crippen LogP contribution >= 0.6 is 0 Å². The van der Waals surface area contributed by atoms with Crippen LogP contribution in [0, 0.1) is 5.92 Å². The number of hydrogen-bond acceptors (Lipinski definition) is 4. The van der Waals surface area contributed by atoms with E-state index >= 15 is 0 Å². The zero-order valence-corrected chi connectivity index (χ0v) is 12.3. The van der Waals surface area contributed by atoms with E-state index < -0.39 is 0 Å². The molecular weight excluding hydrogens is 256 g/mol. The smallest absolute Gasteiger partial charge is 0.321 e. The van der Waals surface area contributed by atoms with Crippen LogP contribution in [0.4, 0.5) is 4.79 Å². The van der Waals surface area contributed by atoms with Crippen molar-refractivity contribution < 1.29 is 9.59 Å². The summed E-state index contributed by atoms with van der Waals surface area (Å²) in [6.45, 7) is 5.98. The van der Waals surface area contributed by atoms with E-state index in [0.29, 0.717) is 12.5 Å². The fraction of sp³-hybridized carbons (Fsp3) is 0.857. The van der Waals surface area contributed by atoms with Crippen LogP contribution in [0.2, 0.25) is 0 Å². The topological polar surface area (TPSA) is 73.5 Å². The van der Waals surface area contributed by atoms with Crippen LogP contribution in [-0.4, -0.2) is 55.6 Å². The van der Waals surface area contributed by atoms with Crippen LogP contribution in [0.3, 0.4) is 0 Å². The van der Waals surface area contributed by atoms with Gasteiger partial charge in [-0.05, 0) is 18.8 Å². The van der Waals surface area contributed by atoms with Gasteiger partial charge in [-0.1, -0.05) is 19.8 Å². The Bertz CT molecular complexity index is 342. The Morgan fingerprint density at radius 1 is 1.20 bits per heavy atom. The zero-order valence-electron chi connectivity index (χ0n) is 12.3. The van der Waals surface area contributed by atoms with E-state index in [2.05, 4.69) is 27.8 Å². The summed E-state index contributed by atoms with van der Waals surface area (Å²) in [5, 5.41) is 8.61. The lowest BCUT2D eigenvalue weighted by atomic mass is 9.86. The van der Waals surface area contributed by atoms with Crippen molar-refractivity contribution in [3.8, 4) is 0 Å². The quantitative estimate of drug-likeness (QED) is 0.696. The second-order valence-corrected chi connectivity index (χ2v) is 5.92. The number of imide groups is 1. The van der Waals surface area contributed by atoms with Crippen molar-refractivity contribution in [2.24, 2.45) is 5.92 Å². The number of carbonyl (C=O) groups is 2. The first-order valence-corrected chi connectivity index (χ1v) is 7.68. The van der Waals surface area contributed by atoms with Gasteiger partial charge in [0.2, 0.25) is 5.91 Å². The normalized spacial score (nSPS) is 27.9. The highest BCUT2D eigenvalue weighted by atomic mass is 16.2. The Morgan fingerprint density at radius 3 is 2.60 bits per heavy atom. The molecule has 3 amide bonds. The Kier molecular flexibility index (Phi) is 5.79. The highest BCUT2D eigenvalue weighted by Gasteiger charge is 2.23. The Balaban J connectivity index is 1.68. The second kappa shape index (κ2) is 7.59. The molecule has 0 aromatic heterocycles. The first kappa shape index (κ1) is 15.3. The van der Waals surface area contributed by atoms with Crippen molar-refractivity contribution in [3.63, 3.8) is 0 Å². The SMILES string of the molecule is CC1CCCCC1NC(=O)NC(=O)CN1CCNCC1. The molecule has 2 aliphatic rings. The third kappa shape index (κ3) is 4.76. The average molecular weight is 282 g/mol. The Morgan fingerprint density at radius 2 is 1.90 bits per heavy atom. The lowest BCUT2D eigenvalue weighted by Crippen LogP contribution is -2.52. The third-order valence-electron chi connectivity index (χ3n) is 4.26. The molecule has 6 heteroatoms. The first-order chi connectivity index (χ1) is 9.65. The predicted molar refractivity (Wildman–Crippen MR) is 77.4 cm³/mol. The zero-order chi connectivity index (χ0) is 14.4. The lowest BCUT2D eigenvalue weighted by molar-refractivity contribution is -0.121. The van der Waals surface area contributed by atoms with E-state index in [4.69, 9.17) is 0 Å². The maximum Gasteiger partial charge on any atom is 0.321 e. The monoisotopic (exact) mass is 282 g/mol. The van der Waals surface area contributed by atoms with Crippen molar-refractivity contribution in [1.29, 1.82) is 0 Å². The number of nitrogens with zero attached hydrogens (tertiary/aromatic N) is 1. The van der Waals surface area contributed by atoms with Gasteiger partial charge in [-0.2, -0.15) is 0 Å². The summed E-state index contributed by atoms with van der Waals surface area (Å²) in [7, 11) is 0. The van der Waals surface area contributed by atoms with Crippen LogP contribution in [0.5, 0.6) is 0 Å². The van der Waals surface area contributed by atoms with Gasteiger partial charge >= 0.3 is 6.03 Å². The molecule has 2 atom stereocenters. The van der Waals surface area contributed by atoms with Gasteiger partial charge in [-0.15, -0.1) is 0 Å². The predicted octanol–water partition coefficient (Wildman–Crippen LogP) is 0.296. The minimum atomic E-state index is -0.344. The Labute approximate surface area is 120 Å². The van der Waals surface area contributed by atoms with Crippen molar-refractivity contribution in [2.75, 3.05) is 32.7 Å². The molecule has 2 unspecified atom stereocenters. The molecule has 1 aliphatic heterocycles. The highest BCUT2D eigenvalue weighted by Crippen LogP contribution is 2.23. The molecule has 2 fully saturated rings. The molecule has 1 aliphatic carbocycles. The minimum absolute atomic E-state index is 0.204. The number of amides is 3. The molecule has 1 saturated carbocycles. The summed E-state index contributed by atoms with van der Waals surface area (Å²) in [6, 6.07) is -0.139. The molecule has 0 aromatic rings. The third-order valence-corrected chi connectivity index (χ3v) is 4.26. The maximum absolute atomic E-state index is 11.8. The van der Waals surface area contributed by atoms with Crippen molar-refractivity contribution in [1.82, 2.24) is 20.9 Å². The van der Waals surface area contributed by atoms with E-state index in [1.165, 1.54) is 6.42 Å². The number of carbonyl (C=O) groups excluding carboxylic acids is 2. The van der Waals surface area contributed by atoms with Gasteiger partial charge in [-0.25, -0.2) is 4.79 Å². The average Bonchev–Trinajstić information content (AvgIpc) is 2.42. The van der Waals surface area contributed by atoms with Crippen LogP contribution in [0.1, 0.15) is 32.6 Å². The second-order valence-electron chi connectivity index (χ2n) is 5.92. The van der Waals surface area contributed by atoms with Gasteiger partial charge in [0.05, 0.1) is 6.54 Å². The fourth-order valence-corrected chi connectivity index (χ4v) is 2.97. The molecule has 2 rings (SSSR count). The molecule has 0 aromatic carbocycles. The van der Waals surface area contributed by atoms with E-state index in [1.54, 1.807) is 0 Å². The summed E-state index contributed by atoms with van der Waals surface area (Å²) in [5.41, 5.74) is 0. The van der Waals surface area contributed by atoms with Crippen molar-refractivity contribution in [3.05, 3.63) is 0 Å². The largest absolute Gasteiger partial charge is 0.335 e. The molecule has 114 valence electrons. The fourth-order valence-electron chi connectivity index (χ4n) is 2.97. The molecular formula is C14H26N4O2. The number of piperazine rings is 1. The van der Waals surface area contributed by atoms with Crippen molar-refractivity contribution in [2.45, 2.75) is 38.6 Å². The van der Waals surface area contributed by atoms with E-state index in [0.717, 1.165) is 45.4 Å². The Hall–Kier alpha value is -1.14. The standard InChI is InChI=1S/C14H26N4O2/c1-11-4-2-3-5-12(11)16-14(20)17-13(19)10-18-8-6-15-7-9-18/h11-12,15H,2-10H2,1H3,(H2,16,17,19,20). The minimum Gasteiger partial charge on any atom is -0.335 e. The molecule has 0 bridgehead atoms. The molecule has 0 spiro atoms. The first-order valence-electron chi connectivity index (χ1n) is 7.68. The van der Waals surface area contributed by atoms with Crippen molar-refractivity contribution >= 4 is 11.9 Å².